The first kappa shape index (κ1) is 14.3. The third kappa shape index (κ3) is 2.35. The highest BCUT2D eigenvalue weighted by Gasteiger charge is 2.53. The standard InChI is InChI=1S/C15H13NO6/c17-13(16-8-3-1-7(2-4-8)14(18)19)11-9-5-6-10(22-9)12(11)15(20)21/h1-6,9-12H,(H,16,17)(H,18,19)(H,20,21)/t9-,10-,11+,12-/m1/s1. The van der Waals surface area contributed by atoms with Gasteiger partial charge in [0.2, 0.25) is 5.91 Å². The fourth-order valence-electron chi connectivity index (χ4n) is 2.84. The molecule has 1 amide bonds. The van der Waals surface area contributed by atoms with Crippen molar-refractivity contribution in [2.45, 2.75) is 12.2 Å². The van der Waals surface area contributed by atoms with Crippen molar-refractivity contribution in [1.82, 2.24) is 0 Å². The average molecular weight is 303 g/mol. The van der Waals surface area contributed by atoms with Gasteiger partial charge in [0.25, 0.3) is 0 Å². The Kier molecular flexibility index (Phi) is 3.42. The highest BCUT2D eigenvalue weighted by molar-refractivity contribution is 5.97. The number of carbonyl (C=O) groups excluding carboxylic acids is 1. The van der Waals surface area contributed by atoms with Gasteiger partial charge in [-0.25, -0.2) is 4.79 Å². The summed E-state index contributed by atoms with van der Waals surface area (Å²) in [6.45, 7) is 0. The van der Waals surface area contributed by atoms with Gasteiger partial charge in [-0.3, -0.25) is 9.59 Å². The van der Waals surface area contributed by atoms with Crippen molar-refractivity contribution in [3.63, 3.8) is 0 Å². The highest BCUT2D eigenvalue weighted by Crippen LogP contribution is 2.39. The van der Waals surface area contributed by atoms with E-state index in [4.69, 9.17) is 9.84 Å². The lowest BCUT2D eigenvalue weighted by Gasteiger charge is -2.21. The molecular weight excluding hydrogens is 290 g/mol. The number of hydrogen-bond acceptors (Lipinski definition) is 4. The zero-order chi connectivity index (χ0) is 15.9. The van der Waals surface area contributed by atoms with E-state index in [9.17, 15) is 19.5 Å². The van der Waals surface area contributed by atoms with Gasteiger partial charge in [0.1, 0.15) is 5.92 Å². The van der Waals surface area contributed by atoms with Crippen molar-refractivity contribution >= 4 is 23.5 Å². The van der Waals surface area contributed by atoms with Gasteiger partial charge in [0, 0.05) is 5.69 Å². The minimum absolute atomic E-state index is 0.104. The summed E-state index contributed by atoms with van der Waals surface area (Å²) in [6.07, 6.45) is 2.24. The van der Waals surface area contributed by atoms with Gasteiger partial charge in [0.05, 0.1) is 23.7 Å². The maximum absolute atomic E-state index is 12.3. The third-order valence-corrected chi connectivity index (χ3v) is 3.89. The molecule has 22 heavy (non-hydrogen) atoms. The molecule has 7 heteroatoms. The number of rotatable bonds is 4. The maximum atomic E-state index is 12.3. The lowest BCUT2D eigenvalue weighted by molar-refractivity contribution is -0.145. The number of benzene rings is 1. The van der Waals surface area contributed by atoms with E-state index in [1.165, 1.54) is 24.3 Å². The third-order valence-electron chi connectivity index (χ3n) is 3.89. The van der Waals surface area contributed by atoms with E-state index < -0.39 is 41.9 Å². The van der Waals surface area contributed by atoms with E-state index in [2.05, 4.69) is 5.32 Å². The summed E-state index contributed by atoms with van der Waals surface area (Å²) in [7, 11) is 0. The van der Waals surface area contributed by atoms with Crippen LogP contribution in [0.3, 0.4) is 0 Å². The Bertz CT molecular complexity index is 665. The molecule has 0 radical (unpaired) electrons. The van der Waals surface area contributed by atoms with Gasteiger partial charge < -0.3 is 20.3 Å². The molecule has 114 valence electrons. The monoisotopic (exact) mass is 303 g/mol. The van der Waals surface area contributed by atoms with E-state index >= 15 is 0 Å². The molecule has 0 saturated carbocycles. The van der Waals surface area contributed by atoms with Crippen LogP contribution in [0.15, 0.2) is 36.4 Å². The zero-order valence-electron chi connectivity index (χ0n) is 11.3. The molecule has 2 aliphatic rings. The molecule has 0 aliphatic carbocycles. The Hall–Kier alpha value is -2.67. The first-order chi connectivity index (χ1) is 10.5. The number of carbonyl (C=O) groups is 3. The molecule has 2 bridgehead atoms. The molecule has 1 aromatic carbocycles. The smallest absolute Gasteiger partial charge is 0.335 e. The largest absolute Gasteiger partial charge is 0.481 e. The Morgan fingerprint density at radius 1 is 0.955 bits per heavy atom. The number of anilines is 1. The van der Waals surface area contributed by atoms with Gasteiger partial charge in [-0.05, 0) is 24.3 Å². The Balaban J connectivity index is 1.75. The number of carboxylic acid groups (broad SMARTS) is 2. The molecule has 3 rings (SSSR count). The van der Waals surface area contributed by atoms with Crippen LogP contribution >= 0.6 is 0 Å². The van der Waals surface area contributed by atoms with Crippen LogP contribution in [0.25, 0.3) is 0 Å². The van der Waals surface area contributed by atoms with E-state index in [1.54, 1.807) is 12.2 Å². The fraction of sp³-hybridized carbons (Fsp3) is 0.267. The molecular formula is C15H13NO6. The lowest BCUT2D eigenvalue weighted by Crippen LogP contribution is -2.39. The van der Waals surface area contributed by atoms with Crippen molar-refractivity contribution in [2.75, 3.05) is 5.32 Å². The van der Waals surface area contributed by atoms with Crippen LogP contribution in [0.1, 0.15) is 10.4 Å². The molecule has 1 fully saturated rings. The number of aromatic carboxylic acids is 1. The normalized spacial score (nSPS) is 28.5. The van der Waals surface area contributed by atoms with E-state index in [-0.39, 0.29) is 5.56 Å². The minimum atomic E-state index is -1.07. The highest BCUT2D eigenvalue weighted by atomic mass is 16.5. The number of nitrogens with one attached hydrogen (secondary N) is 1. The van der Waals surface area contributed by atoms with Crippen LogP contribution < -0.4 is 5.32 Å². The van der Waals surface area contributed by atoms with E-state index in [0.29, 0.717) is 5.69 Å². The summed E-state index contributed by atoms with van der Waals surface area (Å²) < 4.78 is 5.44. The number of amides is 1. The predicted molar refractivity (Wildman–Crippen MR) is 74.4 cm³/mol. The second kappa shape index (κ2) is 5.27. The second-order valence-electron chi connectivity index (χ2n) is 5.21. The van der Waals surface area contributed by atoms with Crippen molar-refractivity contribution < 1.29 is 29.3 Å². The summed E-state index contributed by atoms with van der Waals surface area (Å²) in [5.41, 5.74) is 0.512. The minimum Gasteiger partial charge on any atom is -0.481 e. The van der Waals surface area contributed by atoms with Crippen LogP contribution in [-0.4, -0.2) is 40.3 Å². The van der Waals surface area contributed by atoms with Crippen molar-refractivity contribution in [3.8, 4) is 0 Å². The number of ether oxygens (including phenoxy) is 1. The Morgan fingerprint density at radius 3 is 2.09 bits per heavy atom. The molecule has 0 unspecified atom stereocenters. The summed E-state index contributed by atoms with van der Waals surface area (Å²) in [5, 5.41) is 20.7. The van der Waals surface area contributed by atoms with Gasteiger partial charge in [-0.15, -0.1) is 0 Å². The van der Waals surface area contributed by atoms with E-state index in [1.807, 2.05) is 0 Å². The number of hydrogen-bond donors (Lipinski definition) is 3. The van der Waals surface area contributed by atoms with Crippen LogP contribution in [-0.2, 0) is 14.3 Å². The molecule has 7 nitrogen and oxygen atoms in total. The Morgan fingerprint density at radius 2 is 1.55 bits per heavy atom. The van der Waals surface area contributed by atoms with Gasteiger partial charge >= 0.3 is 11.9 Å². The van der Waals surface area contributed by atoms with Crippen molar-refractivity contribution in [1.29, 1.82) is 0 Å². The van der Waals surface area contributed by atoms with Crippen LogP contribution in [0, 0.1) is 11.8 Å². The molecule has 2 aliphatic heterocycles. The van der Waals surface area contributed by atoms with Crippen LogP contribution in [0.2, 0.25) is 0 Å². The van der Waals surface area contributed by atoms with Gasteiger partial charge in [0.15, 0.2) is 0 Å². The van der Waals surface area contributed by atoms with Gasteiger partial charge in [-0.1, -0.05) is 12.2 Å². The lowest BCUT2D eigenvalue weighted by atomic mass is 9.82. The SMILES string of the molecule is O=C(O)c1ccc(NC(=O)[C@@H]2[C@H](C(=O)O)[C@H]3C=C[C@H]2O3)cc1. The van der Waals surface area contributed by atoms with Gasteiger partial charge in [-0.2, -0.15) is 0 Å². The van der Waals surface area contributed by atoms with Crippen molar-refractivity contribution in [3.05, 3.63) is 42.0 Å². The molecule has 2 heterocycles. The number of fused-ring (bicyclic) bond motifs is 2. The zero-order valence-corrected chi connectivity index (χ0v) is 11.3. The topological polar surface area (TPSA) is 113 Å². The summed E-state index contributed by atoms with van der Waals surface area (Å²) in [6, 6.07) is 5.65. The first-order valence-corrected chi connectivity index (χ1v) is 6.68. The fourth-order valence-corrected chi connectivity index (χ4v) is 2.84. The predicted octanol–water partition coefficient (Wildman–Crippen LogP) is 0.977. The van der Waals surface area contributed by atoms with Crippen LogP contribution in [0.5, 0.6) is 0 Å². The molecule has 0 spiro atoms. The van der Waals surface area contributed by atoms with Crippen LogP contribution in [0.4, 0.5) is 5.69 Å². The van der Waals surface area contributed by atoms with Crippen molar-refractivity contribution in [2.24, 2.45) is 11.8 Å². The molecule has 4 atom stereocenters. The Labute approximate surface area is 125 Å². The molecule has 0 aromatic heterocycles. The molecule has 1 saturated heterocycles. The number of carboxylic acids is 2. The average Bonchev–Trinajstić information content (AvgIpc) is 3.08. The molecule has 1 aromatic rings. The summed E-state index contributed by atoms with van der Waals surface area (Å²) in [5.74, 6) is -4.29. The molecule has 3 N–H and O–H groups in total. The first-order valence-electron chi connectivity index (χ1n) is 6.68. The van der Waals surface area contributed by atoms with E-state index in [0.717, 1.165) is 0 Å². The second-order valence-corrected chi connectivity index (χ2v) is 5.21. The summed E-state index contributed by atoms with van der Waals surface area (Å²) in [4.78, 5) is 34.4. The maximum Gasteiger partial charge on any atom is 0.335 e. The number of aliphatic carboxylic acids is 1. The summed E-state index contributed by atoms with van der Waals surface area (Å²) >= 11 is 0. The quantitative estimate of drug-likeness (QED) is 0.715.